The molecule has 2 N–H and O–H groups in total. The zero-order valence-electron chi connectivity index (χ0n) is 20.2. The number of carbonyl (C=O) groups excluding carboxylic acids is 1. The molecule has 36 heavy (non-hydrogen) atoms. The van der Waals surface area contributed by atoms with E-state index >= 15 is 0 Å². The summed E-state index contributed by atoms with van der Waals surface area (Å²) in [5.74, 6) is 1.56. The summed E-state index contributed by atoms with van der Waals surface area (Å²) < 4.78 is 28.3. The number of benzene rings is 4. The third kappa shape index (κ3) is 6.77. The third-order valence-corrected chi connectivity index (χ3v) is 8.11. The zero-order valence-corrected chi connectivity index (χ0v) is 21.8. The van der Waals surface area contributed by atoms with Gasteiger partial charge in [0.15, 0.2) is 0 Å². The Morgan fingerprint density at radius 2 is 1.42 bits per heavy atom. The molecule has 0 heterocycles. The summed E-state index contributed by atoms with van der Waals surface area (Å²) in [5.41, 5.74) is 5.86. The first kappa shape index (κ1) is 25.5. The normalized spacial score (nSPS) is 11.2. The molecular formula is C29H28N2O3S2. The second-order valence-electron chi connectivity index (χ2n) is 8.58. The van der Waals surface area contributed by atoms with E-state index in [0.717, 1.165) is 28.2 Å². The first-order valence-corrected chi connectivity index (χ1v) is 14.2. The molecule has 0 atom stereocenters. The number of rotatable bonds is 9. The van der Waals surface area contributed by atoms with Crippen molar-refractivity contribution in [2.24, 2.45) is 0 Å². The molecule has 5 nitrogen and oxygen atoms in total. The van der Waals surface area contributed by atoms with Gasteiger partial charge < -0.3 is 5.32 Å². The van der Waals surface area contributed by atoms with Gasteiger partial charge in [0, 0.05) is 22.8 Å². The maximum Gasteiger partial charge on any atom is 0.261 e. The van der Waals surface area contributed by atoms with E-state index in [9.17, 15) is 13.2 Å². The van der Waals surface area contributed by atoms with Crippen LogP contribution in [0.3, 0.4) is 0 Å². The second kappa shape index (κ2) is 11.5. The van der Waals surface area contributed by atoms with Crippen molar-refractivity contribution < 1.29 is 13.2 Å². The van der Waals surface area contributed by atoms with Gasteiger partial charge in [0.2, 0.25) is 0 Å². The minimum atomic E-state index is -3.75. The molecule has 0 aliphatic heterocycles. The maximum absolute atomic E-state index is 12.8. The van der Waals surface area contributed by atoms with Crippen molar-refractivity contribution in [3.8, 4) is 0 Å². The molecule has 4 aromatic rings. The fourth-order valence-electron chi connectivity index (χ4n) is 3.58. The topological polar surface area (TPSA) is 75.3 Å². The summed E-state index contributed by atoms with van der Waals surface area (Å²) in [4.78, 5) is 12.8. The van der Waals surface area contributed by atoms with Crippen LogP contribution in [0.4, 0.5) is 11.4 Å². The van der Waals surface area contributed by atoms with Crippen LogP contribution in [0.1, 0.15) is 32.6 Å². The predicted octanol–water partition coefficient (Wildman–Crippen LogP) is 6.79. The smallest absolute Gasteiger partial charge is 0.261 e. The van der Waals surface area contributed by atoms with Crippen LogP contribution < -0.4 is 10.0 Å². The van der Waals surface area contributed by atoms with Crippen molar-refractivity contribution >= 4 is 39.1 Å². The van der Waals surface area contributed by atoms with Gasteiger partial charge in [0.05, 0.1) is 10.6 Å². The van der Waals surface area contributed by atoms with E-state index in [1.807, 2.05) is 68.1 Å². The number of carbonyl (C=O) groups is 1. The molecule has 4 rings (SSSR count). The standard InChI is InChI=1S/C29H28N2O3S2/c1-21-8-9-22(2)28(18-21)31-36(33,34)27-16-14-26(15-17-27)30-29(32)25-12-10-24(11-13-25)20-35-19-23-6-4-3-5-7-23/h3-18,31H,19-20H2,1-2H3,(H,30,32). The summed E-state index contributed by atoms with van der Waals surface area (Å²) in [5, 5.41) is 2.83. The van der Waals surface area contributed by atoms with E-state index in [1.54, 1.807) is 30.3 Å². The molecule has 184 valence electrons. The van der Waals surface area contributed by atoms with E-state index in [2.05, 4.69) is 22.2 Å². The van der Waals surface area contributed by atoms with E-state index in [-0.39, 0.29) is 10.8 Å². The number of sulfonamides is 1. The fraction of sp³-hybridized carbons (Fsp3) is 0.138. The van der Waals surface area contributed by atoms with Crippen molar-refractivity contribution in [1.82, 2.24) is 0 Å². The van der Waals surface area contributed by atoms with Crippen LogP contribution in [0.15, 0.2) is 102 Å². The monoisotopic (exact) mass is 516 g/mol. The van der Waals surface area contributed by atoms with Crippen LogP contribution in [0.25, 0.3) is 0 Å². The van der Waals surface area contributed by atoms with Crippen LogP contribution in [0.5, 0.6) is 0 Å². The third-order valence-electron chi connectivity index (χ3n) is 5.66. The highest BCUT2D eigenvalue weighted by atomic mass is 32.2. The zero-order chi connectivity index (χ0) is 25.5. The molecule has 0 unspecified atom stereocenters. The summed E-state index contributed by atoms with van der Waals surface area (Å²) in [6, 6.07) is 29.6. The minimum absolute atomic E-state index is 0.124. The molecule has 1 amide bonds. The molecule has 0 aliphatic carbocycles. The highest BCUT2D eigenvalue weighted by Crippen LogP contribution is 2.23. The quantitative estimate of drug-likeness (QED) is 0.257. The first-order chi connectivity index (χ1) is 17.3. The van der Waals surface area contributed by atoms with Gasteiger partial charge in [-0.3, -0.25) is 9.52 Å². The average molecular weight is 517 g/mol. The van der Waals surface area contributed by atoms with Crippen LogP contribution >= 0.6 is 11.8 Å². The minimum Gasteiger partial charge on any atom is -0.322 e. The number of thioether (sulfide) groups is 1. The molecule has 0 radical (unpaired) electrons. The number of nitrogens with one attached hydrogen (secondary N) is 2. The number of amides is 1. The van der Waals surface area contributed by atoms with Crippen molar-refractivity contribution in [3.63, 3.8) is 0 Å². The number of aryl methyl sites for hydroxylation is 2. The van der Waals surface area contributed by atoms with E-state index in [4.69, 9.17) is 0 Å². The predicted molar refractivity (Wildman–Crippen MR) is 149 cm³/mol. The second-order valence-corrected chi connectivity index (χ2v) is 11.2. The van der Waals surface area contributed by atoms with Crippen LogP contribution in [-0.2, 0) is 21.5 Å². The Kier molecular flexibility index (Phi) is 8.13. The summed E-state index contributed by atoms with van der Waals surface area (Å²) in [6.45, 7) is 3.76. The van der Waals surface area contributed by atoms with Gasteiger partial charge in [-0.05, 0) is 78.6 Å². The highest BCUT2D eigenvalue weighted by Gasteiger charge is 2.16. The number of hydrogen-bond donors (Lipinski definition) is 2. The molecule has 0 aliphatic rings. The van der Waals surface area contributed by atoms with Gasteiger partial charge in [0.1, 0.15) is 0 Å². The van der Waals surface area contributed by atoms with Crippen molar-refractivity contribution in [3.05, 3.63) is 125 Å². The maximum atomic E-state index is 12.8. The summed E-state index contributed by atoms with van der Waals surface area (Å²) in [7, 11) is -3.75. The Morgan fingerprint density at radius 3 is 2.08 bits per heavy atom. The average Bonchev–Trinajstić information content (AvgIpc) is 2.87. The molecule has 0 saturated heterocycles. The van der Waals surface area contributed by atoms with Crippen molar-refractivity contribution in [2.75, 3.05) is 10.0 Å². The highest BCUT2D eigenvalue weighted by molar-refractivity contribution is 7.97. The summed E-state index contributed by atoms with van der Waals surface area (Å²) in [6.07, 6.45) is 0. The summed E-state index contributed by atoms with van der Waals surface area (Å²) >= 11 is 1.83. The van der Waals surface area contributed by atoms with Crippen LogP contribution in [0.2, 0.25) is 0 Å². The lowest BCUT2D eigenvalue weighted by Gasteiger charge is -2.12. The fourth-order valence-corrected chi connectivity index (χ4v) is 5.66. The first-order valence-electron chi connectivity index (χ1n) is 11.5. The Bertz CT molecular complexity index is 1430. The lowest BCUT2D eigenvalue weighted by atomic mass is 10.1. The van der Waals surface area contributed by atoms with E-state index in [1.165, 1.54) is 17.7 Å². The Hall–Kier alpha value is -3.55. The Labute approximate surface area is 217 Å². The SMILES string of the molecule is Cc1ccc(C)c(NS(=O)(=O)c2ccc(NC(=O)c3ccc(CSCc4ccccc4)cc3)cc2)c1. The molecule has 0 aromatic heterocycles. The molecular weight excluding hydrogens is 488 g/mol. The van der Waals surface area contributed by atoms with Crippen molar-refractivity contribution in [1.29, 1.82) is 0 Å². The van der Waals surface area contributed by atoms with Crippen molar-refractivity contribution in [2.45, 2.75) is 30.2 Å². The Balaban J connectivity index is 1.33. The lowest BCUT2D eigenvalue weighted by Crippen LogP contribution is -2.15. The number of hydrogen-bond acceptors (Lipinski definition) is 4. The Morgan fingerprint density at radius 1 is 0.778 bits per heavy atom. The molecule has 0 saturated carbocycles. The molecule has 0 spiro atoms. The lowest BCUT2D eigenvalue weighted by molar-refractivity contribution is 0.102. The van der Waals surface area contributed by atoms with Gasteiger partial charge in [0.25, 0.3) is 15.9 Å². The molecule has 4 aromatic carbocycles. The van der Waals surface area contributed by atoms with Gasteiger partial charge >= 0.3 is 0 Å². The van der Waals surface area contributed by atoms with Gasteiger partial charge in [-0.1, -0.05) is 54.6 Å². The number of anilines is 2. The molecule has 0 fully saturated rings. The van der Waals surface area contributed by atoms with Gasteiger partial charge in [-0.25, -0.2) is 8.42 Å². The van der Waals surface area contributed by atoms with Gasteiger partial charge in [-0.2, -0.15) is 11.8 Å². The van der Waals surface area contributed by atoms with Gasteiger partial charge in [-0.15, -0.1) is 0 Å². The van der Waals surface area contributed by atoms with Crippen LogP contribution in [-0.4, -0.2) is 14.3 Å². The van der Waals surface area contributed by atoms with Crippen LogP contribution in [0, 0.1) is 13.8 Å². The van der Waals surface area contributed by atoms with E-state index in [0.29, 0.717) is 16.9 Å². The molecule has 0 bridgehead atoms. The largest absolute Gasteiger partial charge is 0.322 e. The van der Waals surface area contributed by atoms with E-state index < -0.39 is 10.0 Å². The molecule has 7 heteroatoms.